The van der Waals surface area contributed by atoms with E-state index in [1.54, 1.807) is 18.2 Å². The van der Waals surface area contributed by atoms with Crippen LogP contribution in [-0.2, 0) is 0 Å². The van der Waals surface area contributed by atoms with Gasteiger partial charge < -0.3 is 10.1 Å². The summed E-state index contributed by atoms with van der Waals surface area (Å²) in [5, 5.41) is 30.3. The molecule has 2 N–H and O–H groups in total. The van der Waals surface area contributed by atoms with Crippen LogP contribution in [0.5, 0.6) is 0 Å². The number of non-ortho nitro benzene ring substituents is 1. The Morgan fingerprint density at radius 1 is 1.35 bits per heavy atom. The minimum absolute atomic E-state index is 0.00241. The van der Waals surface area contributed by atoms with E-state index in [0.29, 0.717) is 11.1 Å². The van der Waals surface area contributed by atoms with Gasteiger partial charge in [-0.25, -0.2) is 4.98 Å². The predicted octanol–water partition coefficient (Wildman–Crippen LogP) is 3.38. The van der Waals surface area contributed by atoms with Crippen LogP contribution in [0.15, 0.2) is 59.3 Å². The molecular formula is C18H13N5O3. The highest BCUT2D eigenvalue weighted by molar-refractivity contribution is 5.83. The highest BCUT2D eigenvalue weighted by Gasteiger charge is 2.12. The molecule has 8 heteroatoms. The summed E-state index contributed by atoms with van der Waals surface area (Å²) in [6, 6.07) is 15.1. The molecule has 3 rings (SSSR count). The van der Waals surface area contributed by atoms with Crippen LogP contribution in [0.2, 0.25) is 0 Å². The summed E-state index contributed by atoms with van der Waals surface area (Å²) in [5.74, 6) is 0.0185. The van der Waals surface area contributed by atoms with Crippen LogP contribution in [0.1, 0.15) is 11.4 Å². The molecule has 0 aliphatic rings. The quantitative estimate of drug-likeness (QED) is 0.240. The topological polar surface area (TPSA) is 128 Å². The number of H-pyrrole nitrogens is 1. The number of fused-ring (bicyclic) bond motifs is 1. The number of nitriles is 1. The number of hydrogen-bond acceptors (Lipinski definition) is 6. The second-order valence-electron chi connectivity index (χ2n) is 5.36. The van der Waals surface area contributed by atoms with Crippen molar-refractivity contribution in [3.8, 4) is 6.07 Å². The molecule has 0 spiro atoms. The van der Waals surface area contributed by atoms with Gasteiger partial charge in [0.05, 0.1) is 22.5 Å². The van der Waals surface area contributed by atoms with Gasteiger partial charge in [-0.2, -0.15) is 5.26 Å². The van der Waals surface area contributed by atoms with Gasteiger partial charge >= 0.3 is 0 Å². The molecule has 0 saturated carbocycles. The van der Waals surface area contributed by atoms with E-state index in [4.69, 9.17) is 0 Å². The third-order valence-corrected chi connectivity index (χ3v) is 3.59. The number of nitrogens with one attached hydrogen (secondary N) is 1. The Morgan fingerprint density at radius 3 is 2.88 bits per heavy atom. The van der Waals surface area contributed by atoms with Gasteiger partial charge in [-0.15, -0.1) is 0 Å². The number of allylic oxidation sites excluding steroid dienone is 1. The molecule has 0 aliphatic carbocycles. The molecule has 0 fully saturated rings. The Balaban J connectivity index is 1.82. The number of hydrogen-bond donors (Lipinski definition) is 2. The van der Waals surface area contributed by atoms with Gasteiger partial charge in [-0.05, 0) is 17.7 Å². The molecule has 0 aliphatic heterocycles. The molecule has 0 bridgehead atoms. The highest BCUT2D eigenvalue weighted by Crippen LogP contribution is 2.19. The van der Waals surface area contributed by atoms with Crippen molar-refractivity contribution < 1.29 is 10.0 Å². The summed E-state index contributed by atoms with van der Waals surface area (Å²) in [7, 11) is 0. The number of rotatable bonds is 5. The van der Waals surface area contributed by atoms with Crippen LogP contribution < -0.4 is 0 Å². The predicted molar refractivity (Wildman–Crippen MR) is 96.8 cm³/mol. The normalized spacial score (nSPS) is 12.1. The average molecular weight is 347 g/mol. The molecule has 8 nitrogen and oxygen atoms in total. The van der Waals surface area contributed by atoms with E-state index in [2.05, 4.69) is 15.0 Å². The van der Waals surface area contributed by atoms with E-state index < -0.39 is 4.92 Å². The van der Waals surface area contributed by atoms with Gasteiger partial charge in [0.2, 0.25) is 0 Å². The number of aromatic amines is 1. The lowest BCUT2D eigenvalue weighted by Gasteiger charge is -1.99. The van der Waals surface area contributed by atoms with Crippen molar-refractivity contribution in [2.45, 2.75) is 0 Å². The molecule has 2 aromatic carbocycles. The zero-order valence-electron chi connectivity index (χ0n) is 13.5. The maximum Gasteiger partial charge on any atom is 0.270 e. The van der Waals surface area contributed by atoms with Gasteiger partial charge in [-0.3, -0.25) is 15.1 Å². The highest BCUT2D eigenvalue weighted by atomic mass is 16.6. The lowest BCUT2D eigenvalue weighted by molar-refractivity contribution is -0.384. The number of aliphatic hydroxyl groups excluding tert-OH is 1. The standard InChI is InChI=1S/C18H13N5O3/c19-9-14(18-21-15-6-1-2-7-16(15)22-18)17(24)11-20-10-12-4-3-5-13(8-12)23(25)26/h1-8,10,24H,11H2,(H,21,22). The first-order chi connectivity index (χ1) is 12.6. The minimum Gasteiger partial charge on any atom is -0.509 e. The third kappa shape index (κ3) is 3.57. The summed E-state index contributed by atoms with van der Waals surface area (Å²) in [6.45, 7) is -0.150. The van der Waals surface area contributed by atoms with Crippen LogP contribution in [0.3, 0.4) is 0 Å². The van der Waals surface area contributed by atoms with Crippen molar-refractivity contribution in [1.82, 2.24) is 9.97 Å². The molecule has 0 unspecified atom stereocenters. The maximum atomic E-state index is 10.8. The number of imidazole rings is 1. The second kappa shape index (κ2) is 7.27. The number of nitro groups is 1. The summed E-state index contributed by atoms with van der Waals surface area (Å²) < 4.78 is 0. The van der Waals surface area contributed by atoms with Crippen LogP contribution in [0, 0.1) is 21.4 Å². The first-order valence-electron chi connectivity index (χ1n) is 7.60. The van der Waals surface area contributed by atoms with Crippen LogP contribution in [0.4, 0.5) is 5.69 Å². The molecule has 0 saturated heterocycles. The zero-order chi connectivity index (χ0) is 18.5. The van der Waals surface area contributed by atoms with Crippen LogP contribution >= 0.6 is 0 Å². The van der Waals surface area contributed by atoms with Crippen LogP contribution in [0.25, 0.3) is 16.6 Å². The Labute approximate surface area is 147 Å². The SMILES string of the molecule is N#CC(=C(O)CN=Cc1cccc([N+](=O)[O-])c1)c1nc2ccccc2[nH]1. The molecule has 26 heavy (non-hydrogen) atoms. The fraction of sp³-hybridized carbons (Fsp3) is 0.0556. The number of nitrogens with zero attached hydrogens (tertiary/aromatic N) is 4. The summed E-state index contributed by atoms with van der Waals surface area (Å²) in [4.78, 5) is 21.6. The molecule has 128 valence electrons. The van der Waals surface area contributed by atoms with Gasteiger partial charge in [0.1, 0.15) is 17.4 Å². The monoisotopic (exact) mass is 347 g/mol. The van der Waals surface area contributed by atoms with E-state index in [-0.39, 0.29) is 29.4 Å². The van der Waals surface area contributed by atoms with Crippen molar-refractivity contribution in [2.24, 2.45) is 4.99 Å². The first kappa shape index (κ1) is 16.9. The number of benzene rings is 2. The van der Waals surface area contributed by atoms with Crippen molar-refractivity contribution in [2.75, 3.05) is 6.54 Å². The largest absolute Gasteiger partial charge is 0.509 e. The third-order valence-electron chi connectivity index (χ3n) is 3.59. The zero-order valence-corrected chi connectivity index (χ0v) is 13.5. The van der Waals surface area contributed by atoms with Crippen molar-refractivity contribution >= 4 is 28.5 Å². The summed E-state index contributed by atoms with van der Waals surface area (Å²) >= 11 is 0. The molecule has 0 amide bonds. The minimum atomic E-state index is -0.496. The van der Waals surface area contributed by atoms with Crippen molar-refractivity contribution in [3.63, 3.8) is 0 Å². The Bertz CT molecular complexity index is 1040. The second-order valence-corrected chi connectivity index (χ2v) is 5.36. The fourth-order valence-corrected chi connectivity index (χ4v) is 2.36. The summed E-state index contributed by atoms with van der Waals surface area (Å²) in [6.07, 6.45) is 1.40. The Morgan fingerprint density at radius 2 is 2.15 bits per heavy atom. The lowest BCUT2D eigenvalue weighted by Crippen LogP contribution is -1.96. The number of aliphatic hydroxyl groups is 1. The van der Waals surface area contributed by atoms with Gasteiger partial charge in [-0.1, -0.05) is 24.3 Å². The van der Waals surface area contributed by atoms with Crippen molar-refractivity contribution in [1.29, 1.82) is 5.26 Å². The molecule has 1 heterocycles. The molecule has 0 radical (unpaired) electrons. The molecular weight excluding hydrogens is 334 g/mol. The fourth-order valence-electron chi connectivity index (χ4n) is 2.36. The van der Waals surface area contributed by atoms with Crippen LogP contribution in [-0.4, -0.2) is 32.8 Å². The summed E-state index contributed by atoms with van der Waals surface area (Å²) in [5.41, 5.74) is 1.91. The number of aliphatic imine (C=N–C) groups is 1. The number of aromatic nitrogens is 2. The smallest absolute Gasteiger partial charge is 0.270 e. The van der Waals surface area contributed by atoms with Gasteiger partial charge in [0.15, 0.2) is 5.82 Å². The maximum absolute atomic E-state index is 10.8. The molecule has 3 aromatic rings. The van der Waals surface area contributed by atoms with Gasteiger partial charge in [0.25, 0.3) is 5.69 Å². The van der Waals surface area contributed by atoms with E-state index in [0.717, 1.165) is 5.52 Å². The van der Waals surface area contributed by atoms with E-state index in [1.165, 1.54) is 18.3 Å². The first-order valence-corrected chi connectivity index (χ1v) is 7.60. The van der Waals surface area contributed by atoms with Gasteiger partial charge in [0, 0.05) is 18.3 Å². The lowest BCUT2D eigenvalue weighted by atomic mass is 10.2. The molecule has 0 atom stereocenters. The van der Waals surface area contributed by atoms with E-state index in [9.17, 15) is 20.5 Å². The average Bonchev–Trinajstić information content (AvgIpc) is 3.06. The number of nitro benzene ring substituents is 1. The Hall–Kier alpha value is -3.99. The molecule has 1 aromatic heterocycles. The Kier molecular flexibility index (Phi) is 4.71. The number of para-hydroxylation sites is 2. The van der Waals surface area contributed by atoms with E-state index in [1.807, 2.05) is 24.3 Å². The van der Waals surface area contributed by atoms with E-state index >= 15 is 0 Å². The van der Waals surface area contributed by atoms with Crippen molar-refractivity contribution in [3.05, 3.63) is 75.8 Å².